The molecular weight excluding hydrogens is 374 g/mol. The Morgan fingerprint density at radius 2 is 1.30 bits per heavy atom. The number of amides is 1. The van der Waals surface area contributed by atoms with Crippen LogP contribution in [0.3, 0.4) is 0 Å². The van der Waals surface area contributed by atoms with E-state index >= 15 is 0 Å². The van der Waals surface area contributed by atoms with Gasteiger partial charge in [0.05, 0.1) is 18.9 Å². The first-order chi connectivity index (χ1) is 14.7. The van der Waals surface area contributed by atoms with Gasteiger partial charge in [-0.25, -0.2) is 0 Å². The Bertz CT molecular complexity index is 887. The van der Waals surface area contributed by atoms with Crippen molar-refractivity contribution in [3.63, 3.8) is 0 Å². The zero-order valence-corrected chi connectivity index (χ0v) is 17.2. The smallest absolute Gasteiger partial charge is 0.307 e. The van der Waals surface area contributed by atoms with Crippen LogP contribution in [0.1, 0.15) is 36.0 Å². The fraction of sp³-hybridized carbons (Fsp3) is 0.231. The number of hydrogen-bond donors (Lipinski definition) is 0. The molecule has 1 amide bonds. The first kappa shape index (κ1) is 21.3. The fourth-order valence-electron chi connectivity index (χ4n) is 3.48. The van der Waals surface area contributed by atoms with E-state index in [9.17, 15) is 9.59 Å². The minimum absolute atomic E-state index is 0.0273. The highest BCUT2D eigenvalue weighted by atomic mass is 16.5. The number of ether oxygens (including phenoxy) is 1. The van der Waals surface area contributed by atoms with Gasteiger partial charge in [0.15, 0.2) is 0 Å². The molecule has 0 heterocycles. The summed E-state index contributed by atoms with van der Waals surface area (Å²) in [6.07, 6.45) is 0.169. The van der Waals surface area contributed by atoms with Gasteiger partial charge in [0.1, 0.15) is 0 Å². The minimum atomic E-state index is -0.432. The standard InChI is InChI=1S/C26H27NO3/c1-2-30-24(28)18-19-27(20-21-12-6-3-7-13-21)26(29)25(22-14-8-4-9-15-22)23-16-10-5-11-17-23/h3-17,25H,2,18-20H2,1H3. The highest BCUT2D eigenvalue weighted by Gasteiger charge is 2.28. The van der Waals surface area contributed by atoms with Gasteiger partial charge in [-0.15, -0.1) is 0 Å². The van der Waals surface area contributed by atoms with Crippen LogP contribution in [-0.2, 0) is 20.9 Å². The fourth-order valence-corrected chi connectivity index (χ4v) is 3.48. The van der Waals surface area contributed by atoms with Gasteiger partial charge in [-0.05, 0) is 23.6 Å². The van der Waals surface area contributed by atoms with Crippen molar-refractivity contribution in [2.75, 3.05) is 13.2 Å². The summed E-state index contributed by atoms with van der Waals surface area (Å²) in [6, 6.07) is 29.4. The lowest BCUT2D eigenvalue weighted by atomic mass is 9.90. The molecule has 0 saturated heterocycles. The van der Waals surface area contributed by atoms with E-state index in [4.69, 9.17) is 4.74 Å². The van der Waals surface area contributed by atoms with Crippen LogP contribution in [0.5, 0.6) is 0 Å². The van der Waals surface area contributed by atoms with Crippen LogP contribution in [0, 0.1) is 0 Å². The lowest BCUT2D eigenvalue weighted by molar-refractivity contribution is -0.144. The lowest BCUT2D eigenvalue weighted by Gasteiger charge is -2.28. The Morgan fingerprint density at radius 1 is 0.800 bits per heavy atom. The maximum absolute atomic E-state index is 13.8. The molecule has 0 spiro atoms. The van der Waals surface area contributed by atoms with Gasteiger partial charge >= 0.3 is 5.97 Å². The van der Waals surface area contributed by atoms with Gasteiger partial charge in [0.25, 0.3) is 0 Å². The van der Waals surface area contributed by atoms with Crippen LogP contribution < -0.4 is 0 Å². The van der Waals surface area contributed by atoms with E-state index < -0.39 is 5.92 Å². The zero-order chi connectivity index (χ0) is 21.2. The number of nitrogens with zero attached hydrogens (tertiary/aromatic N) is 1. The molecule has 4 heteroatoms. The molecular formula is C26H27NO3. The van der Waals surface area contributed by atoms with Crippen molar-refractivity contribution in [1.82, 2.24) is 4.90 Å². The Labute approximate surface area is 178 Å². The highest BCUT2D eigenvalue weighted by Crippen LogP contribution is 2.27. The summed E-state index contributed by atoms with van der Waals surface area (Å²) in [5.41, 5.74) is 2.89. The molecule has 0 atom stereocenters. The van der Waals surface area contributed by atoms with Crippen LogP contribution in [0.4, 0.5) is 0 Å². The van der Waals surface area contributed by atoms with Crippen LogP contribution in [0.15, 0.2) is 91.0 Å². The van der Waals surface area contributed by atoms with E-state index in [2.05, 4.69) is 0 Å². The third-order valence-electron chi connectivity index (χ3n) is 4.93. The van der Waals surface area contributed by atoms with Crippen LogP contribution in [-0.4, -0.2) is 29.9 Å². The summed E-state index contributed by atoms with van der Waals surface area (Å²) >= 11 is 0. The predicted molar refractivity (Wildman–Crippen MR) is 118 cm³/mol. The second kappa shape index (κ2) is 11.0. The van der Waals surface area contributed by atoms with Gasteiger partial charge in [0, 0.05) is 13.1 Å². The van der Waals surface area contributed by atoms with Gasteiger partial charge < -0.3 is 9.64 Å². The molecule has 3 aromatic carbocycles. The van der Waals surface area contributed by atoms with E-state index in [-0.39, 0.29) is 18.3 Å². The molecule has 3 aromatic rings. The summed E-state index contributed by atoms with van der Waals surface area (Å²) in [6.45, 7) is 2.87. The quantitative estimate of drug-likeness (QED) is 0.484. The van der Waals surface area contributed by atoms with Crippen molar-refractivity contribution in [3.8, 4) is 0 Å². The molecule has 154 valence electrons. The molecule has 0 N–H and O–H groups in total. The van der Waals surface area contributed by atoms with Crippen LogP contribution >= 0.6 is 0 Å². The normalized spacial score (nSPS) is 10.6. The Morgan fingerprint density at radius 3 is 1.80 bits per heavy atom. The SMILES string of the molecule is CCOC(=O)CCN(Cc1ccccc1)C(=O)C(c1ccccc1)c1ccccc1. The third-order valence-corrected chi connectivity index (χ3v) is 4.93. The molecule has 0 radical (unpaired) electrons. The molecule has 0 aliphatic heterocycles. The van der Waals surface area contributed by atoms with Gasteiger partial charge in [-0.1, -0.05) is 91.0 Å². The number of esters is 1. The molecule has 0 unspecified atom stereocenters. The Hall–Kier alpha value is -3.40. The average Bonchev–Trinajstić information content (AvgIpc) is 2.79. The molecule has 30 heavy (non-hydrogen) atoms. The first-order valence-corrected chi connectivity index (χ1v) is 10.3. The molecule has 0 saturated carbocycles. The van der Waals surface area contributed by atoms with Gasteiger partial charge in [0.2, 0.25) is 5.91 Å². The van der Waals surface area contributed by atoms with E-state index in [1.54, 1.807) is 11.8 Å². The summed E-state index contributed by atoms with van der Waals surface area (Å²) in [7, 11) is 0. The maximum Gasteiger partial charge on any atom is 0.307 e. The largest absolute Gasteiger partial charge is 0.466 e. The molecule has 0 fully saturated rings. The second-order valence-corrected chi connectivity index (χ2v) is 7.05. The van der Waals surface area contributed by atoms with E-state index in [0.29, 0.717) is 19.7 Å². The Balaban J connectivity index is 1.91. The predicted octanol–water partition coefficient (Wildman–Crippen LogP) is 4.80. The monoisotopic (exact) mass is 401 g/mol. The number of benzene rings is 3. The summed E-state index contributed by atoms with van der Waals surface area (Å²) in [5.74, 6) is -0.752. The van der Waals surface area contributed by atoms with Crippen molar-refractivity contribution in [1.29, 1.82) is 0 Å². The van der Waals surface area contributed by atoms with Crippen molar-refractivity contribution in [2.45, 2.75) is 25.8 Å². The summed E-state index contributed by atoms with van der Waals surface area (Å²) in [5, 5.41) is 0. The molecule has 0 aromatic heterocycles. The highest BCUT2D eigenvalue weighted by molar-refractivity contribution is 5.87. The molecule has 4 nitrogen and oxygen atoms in total. The van der Waals surface area contributed by atoms with Gasteiger partial charge in [-0.3, -0.25) is 9.59 Å². The van der Waals surface area contributed by atoms with Crippen molar-refractivity contribution < 1.29 is 14.3 Å². The number of rotatable bonds is 9. The second-order valence-electron chi connectivity index (χ2n) is 7.05. The van der Waals surface area contributed by atoms with Crippen LogP contribution in [0.25, 0.3) is 0 Å². The van der Waals surface area contributed by atoms with E-state index in [0.717, 1.165) is 16.7 Å². The first-order valence-electron chi connectivity index (χ1n) is 10.3. The third kappa shape index (κ3) is 5.80. The minimum Gasteiger partial charge on any atom is -0.466 e. The number of hydrogen-bond acceptors (Lipinski definition) is 3. The van der Waals surface area contributed by atoms with Gasteiger partial charge in [-0.2, -0.15) is 0 Å². The lowest BCUT2D eigenvalue weighted by Crippen LogP contribution is -2.37. The van der Waals surface area contributed by atoms with E-state index in [1.165, 1.54) is 0 Å². The maximum atomic E-state index is 13.8. The van der Waals surface area contributed by atoms with Crippen molar-refractivity contribution in [3.05, 3.63) is 108 Å². The summed E-state index contributed by atoms with van der Waals surface area (Å²) in [4.78, 5) is 27.5. The number of carbonyl (C=O) groups excluding carboxylic acids is 2. The Kier molecular flexibility index (Phi) is 7.78. The molecule has 0 aliphatic carbocycles. The number of carbonyl (C=O) groups is 2. The average molecular weight is 402 g/mol. The topological polar surface area (TPSA) is 46.6 Å². The van der Waals surface area contributed by atoms with Crippen molar-refractivity contribution >= 4 is 11.9 Å². The van der Waals surface area contributed by atoms with E-state index in [1.807, 2.05) is 91.0 Å². The van der Waals surface area contributed by atoms with Crippen LogP contribution in [0.2, 0.25) is 0 Å². The summed E-state index contributed by atoms with van der Waals surface area (Å²) < 4.78 is 5.08. The molecule has 0 aliphatic rings. The van der Waals surface area contributed by atoms with Crippen molar-refractivity contribution in [2.24, 2.45) is 0 Å². The molecule has 3 rings (SSSR count). The zero-order valence-electron chi connectivity index (χ0n) is 17.2. The molecule has 0 bridgehead atoms.